The van der Waals surface area contributed by atoms with Crippen molar-refractivity contribution in [2.24, 2.45) is 5.73 Å². The number of primary amides is 1. The zero-order chi connectivity index (χ0) is 9.90. The van der Waals surface area contributed by atoms with E-state index in [1.165, 1.54) is 11.8 Å². The Morgan fingerprint density at radius 1 is 1.69 bits per heavy atom. The lowest BCUT2D eigenvalue weighted by Gasteiger charge is -2.24. The summed E-state index contributed by atoms with van der Waals surface area (Å²) in [7, 11) is 0. The number of nitrogens with two attached hydrogens (primary N) is 1. The summed E-state index contributed by atoms with van der Waals surface area (Å²) in [6.07, 6.45) is -0.868. The number of thioether (sulfide) groups is 1. The number of aliphatic hydroxyl groups excluding tert-OH is 1. The molecule has 1 aliphatic heterocycles. The van der Waals surface area contributed by atoms with Gasteiger partial charge in [-0.2, -0.15) is 0 Å². The molecule has 0 aliphatic carbocycles. The highest BCUT2D eigenvalue weighted by molar-refractivity contribution is 8.01. The first-order chi connectivity index (χ1) is 6.07. The lowest BCUT2D eigenvalue weighted by atomic mass is 10.1. The molecule has 1 rings (SSSR count). The molecule has 1 atom stereocenters. The topological polar surface area (TPSA) is 95.6 Å². The van der Waals surface area contributed by atoms with Crippen LogP contribution in [0.2, 0.25) is 0 Å². The van der Waals surface area contributed by atoms with Gasteiger partial charge in [0, 0.05) is 18.7 Å². The molecule has 1 heterocycles. The third-order valence-electron chi connectivity index (χ3n) is 2.01. The van der Waals surface area contributed by atoms with Crippen LogP contribution < -0.4 is 11.1 Å². The minimum Gasteiger partial charge on any atom is -0.368 e. The average Bonchev–Trinajstić information content (AvgIpc) is 2.50. The van der Waals surface area contributed by atoms with E-state index in [0.29, 0.717) is 6.42 Å². The molecule has 6 heteroatoms. The molecule has 1 saturated heterocycles. The molecule has 5 nitrogen and oxygen atoms in total. The lowest BCUT2D eigenvalue weighted by Crippen LogP contribution is -2.49. The lowest BCUT2D eigenvalue weighted by molar-refractivity contribution is -0.121. The van der Waals surface area contributed by atoms with Crippen molar-refractivity contribution in [2.45, 2.75) is 24.0 Å². The Bertz CT molecular complexity index is 192. The normalized spacial score (nSPS) is 28.2. The second-order valence-electron chi connectivity index (χ2n) is 2.99. The molecule has 0 radical (unpaired) electrons. The molecule has 5 N–H and O–H groups in total. The van der Waals surface area contributed by atoms with Gasteiger partial charge in [-0.1, -0.05) is 0 Å². The van der Waals surface area contributed by atoms with Crippen LogP contribution in [0.4, 0.5) is 0 Å². The third-order valence-corrected chi connectivity index (χ3v) is 3.46. The van der Waals surface area contributed by atoms with Crippen molar-refractivity contribution in [1.29, 1.82) is 0 Å². The molecule has 1 fully saturated rings. The summed E-state index contributed by atoms with van der Waals surface area (Å²) in [4.78, 5) is 10.3. The first-order valence-electron chi connectivity index (χ1n) is 4.12. The SMILES string of the molecule is NC(=O)C1(CCC(O)O)NCCS1. The molecule has 0 spiro atoms. The minimum atomic E-state index is -1.38. The first-order valence-corrected chi connectivity index (χ1v) is 5.10. The van der Waals surface area contributed by atoms with Crippen molar-refractivity contribution in [3.63, 3.8) is 0 Å². The van der Waals surface area contributed by atoms with E-state index in [2.05, 4.69) is 5.32 Å². The van der Waals surface area contributed by atoms with E-state index in [1.807, 2.05) is 0 Å². The van der Waals surface area contributed by atoms with Gasteiger partial charge in [-0.3, -0.25) is 10.1 Å². The molecule has 13 heavy (non-hydrogen) atoms. The van der Waals surface area contributed by atoms with Crippen LogP contribution in [0.5, 0.6) is 0 Å². The monoisotopic (exact) mass is 206 g/mol. The highest BCUT2D eigenvalue weighted by Crippen LogP contribution is 2.31. The van der Waals surface area contributed by atoms with E-state index >= 15 is 0 Å². The fourth-order valence-electron chi connectivity index (χ4n) is 1.30. The number of carbonyl (C=O) groups is 1. The summed E-state index contributed by atoms with van der Waals surface area (Å²) in [5.41, 5.74) is 5.23. The van der Waals surface area contributed by atoms with Crippen molar-refractivity contribution < 1.29 is 15.0 Å². The van der Waals surface area contributed by atoms with Crippen LogP contribution in [0.25, 0.3) is 0 Å². The number of amides is 1. The summed E-state index contributed by atoms with van der Waals surface area (Å²) in [5, 5.41) is 20.3. The van der Waals surface area contributed by atoms with Gasteiger partial charge >= 0.3 is 0 Å². The van der Waals surface area contributed by atoms with Crippen molar-refractivity contribution >= 4 is 17.7 Å². The fourth-order valence-corrected chi connectivity index (χ4v) is 2.46. The van der Waals surface area contributed by atoms with Crippen LogP contribution in [0.1, 0.15) is 12.8 Å². The van der Waals surface area contributed by atoms with E-state index in [9.17, 15) is 4.79 Å². The highest BCUT2D eigenvalue weighted by Gasteiger charge is 2.40. The Labute approximate surface area is 80.7 Å². The van der Waals surface area contributed by atoms with Gasteiger partial charge in [0.15, 0.2) is 6.29 Å². The number of hydrogen-bond acceptors (Lipinski definition) is 5. The van der Waals surface area contributed by atoms with Gasteiger partial charge in [-0.05, 0) is 6.42 Å². The molecule has 76 valence electrons. The van der Waals surface area contributed by atoms with Gasteiger partial charge in [-0.15, -0.1) is 11.8 Å². The van der Waals surface area contributed by atoms with E-state index in [-0.39, 0.29) is 6.42 Å². The molecule has 0 aromatic rings. The van der Waals surface area contributed by atoms with Crippen molar-refractivity contribution in [3.8, 4) is 0 Å². The maximum Gasteiger partial charge on any atom is 0.248 e. The molecule has 0 saturated carbocycles. The predicted molar refractivity (Wildman–Crippen MR) is 49.8 cm³/mol. The molecule has 0 aromatic carbocycles. The quantitative estimate of drug-likeness (QED) is 0.424. The molecule has 0 aromatic heterocycles. The van der Waals surface area contributed by atoms with E-state index in [0.717, 1.165) is 12.3 Å². The van der Waals surface area contributed by atoms with Gasteiger partial charge in [0.05, 0.1) is 0 Å². The second kappa shape index (κ2) is 4.28. The predicted octanol–water partition coefficient (Wildman–Crippen LogP) is -1.40. The number of carbonyl (C=O) groups excluding carboxylic acids is 1. The van der Waals surface area contributed by atoms with Crippen molar-refractivity contribution in [1.82, 2.24) is 5.32 Å². The largest absolute Gasteiger partial charge is 0.368 e. The molecular weight excluding hydrogens is 192 g/mol. The average molecular weight is 206 g/mol. The standard InChI is InChI=1S/C7H14N2O3S/c8-6(12)7(2-1-5(10)11)9-3-4-13-7/h5,9-11H,1-4H2,(H2,8,12). The number of nitrogens with one attached hydrogen (secondary N) is 1. The Balaban J connectivity index is 2.52. The smallest absolute Gasteiger partial charge is 0.248 e. The Morgan fingerprint density at radius 3 is 2.77 bits per heavy atom. The summed E-state index contributed by atoms with van der Waals surface area (Å²) in [5.74, 6) is 0.389. The molecule has 1 unspecified atom stereocenters. The van der Waals surface area contributed by atoms with Gasteiger partial charge < -0.3 is 15.9 Å². The summed E-state index contributed by atoms with van der Waals surface area (Å²) < 4.78 is 0. The van der Waals surface area contributed by atoms with Gasteiger partial charge in [0.2, 0.25) is 5.91 Å². The van der Waals surface area contributed by atoms with Crippen LogP contribution in [-0.2, 0) is 4.79 Å². The maximum absolute atomic E-state index is 11.1. The second-order valence-corrected chi connectivity index (χ2v) is 4.38. The van der Waals surface area contributed by atoms with Gasteiger partial charge in [-0.25, -0.2) is 0 Å². The van der Waals surface area contributed by atoms with Gasteiger partial charge in [0.25, 0.3) is 0 Å². The third kappa shape index (κ3) is 2.57. The van der Waals surface area contributed by atoms with Gasteiger partial charge in [0.1, 0.15) is 4.87 Å². The number of rotatable bonds is 4. The molecular formula is C7H14N2O3S. The fraction of sp³-hybridized carbons (Fsp3) is 0.857. The van der Waals surface area contributed by atoms with Crippen LogP contribution >= 0.6 is 11.8 Å². The summed E-state index contributed by atoms with van der Waals surface area (Å²) in [6, 6.07) is 0. The van der Waals surface area contributed by atoms with E-state index in [4.69, 9.17) is 15.9 Å². The zero-order valence-corrected chi connectivity index (χ0v) is 8.01. The van der Waals surface area contributed by atoms with Crippen LogP contribution in [0.3, 0.4) is 0 Å². The maximum atomic E-state index is 11.1. The first kappa shape index (κ1) is 10.8. The summed E-state index contributed by atoms with van der Waals surface area (Å²) >= 11 is 1.43. The van der Waals surface area contributed by atoms with Crippen LogP contribution in [-0.4, -0.2) is 39.6 Å². The molecule has 1 amide bonds. The highest BCUT2D eigenvalue weighted by atomic mass is 32.2. The Hall–Kier alpha value is -0.300. The van der Waals surface area contributed by atoms with Crippen LogP contribution in [0, 0.1) is 0 Å². The van der Waals surface area contributed by atoms with Crippen molar-refractivity contribution in [2.75, 3.05) is 12.3 Å². The van der Waals surface area contributed by atoms with Crippen LogP contribution in [0.15, 0.2) is 0 Å². The van der Waals surface area contributed by atoms with Crippen molar-refractivity contribution in [3.05, 3.63) is 0 Å². The summed E-state index contributed by atoms with van der Waals surface area (Å²) in [6.45, 7) is 0.731. The molecule has 0 bridgehead atoms. The number of hydrogen-bond donors (Lipinski definition) is 4. The number of aliphatic hydroxyl groups is 2. The van der Waals surface area contributed by atoms with E-state index in [1.54, 1.807) is 0 Å². The molecule has 1 aliphatic rings. The van der Waals surface area contributed by atoms with E-state index < -0.39 is 17.1 Å². The zero-order valence-electron chi connectivity index (χ0n) is 7.19. The Kier molecular flexibility index (Phi) is 3.55. The minimum absolute atomic E-state index is 0.156. The Morgan fingerprint density at radius 2 is 2.38 bits per heavy atom.